The number of likely N-dealkylation sites (N-methyl/N-ethyl adjacent to an activating group) is 1. The molecule has 4 nitrogen and oxygen atoms in total. The standard InChI is InChI=1S/C11H14BrN3O/c1-6(2)9-11(16)14-8-5-13-4-7(12)10(8)15(9)3/h4-6,9H,1-3H3,(H,14,16). The molecule has 1 aliphatic rings. The zero-order valence-electron chi connectivity index (χ0n) is 9.49. The minimum absolute atomic E-state index is 0.0323. The van der Waals surface area contributed by atoms with Gasteiger partial charge in [-0.1, -0.05) is 13.8 Å². The molecule has 2 heterocycles. The molecule has 1 aliphatic heterocycles. The zero-order valence-corrected chi connectivity index (χ0v) is 11.1. The molecular weight excluding hydrogens is 270 g/mol. The van der Waals surface area contributed by atoms with Crippen LogP contribution in [-0.2, 0) is 4.79 Å². The minimum Gasteiger partial charge on any atom is -0.360 e. The number of carbonyl (C=O) groups excluding carboxylic acids is 1. The number of hydrogen-bond donors (Lipinski definition) is 1. The molecule has 0 saturated heterocycles. The highest BCUT2D eigenvalue weighted by molar-refractivity contribution is 9.10. The molecule has 1 aromatic heterocycles. The molecule has 1 unspecified atom stereocenters. The molecule has 0 radical (unpaired) electrons. The Hall–Kier alpha value is -1.10. The Morgan fingerprint density at radius 1 is 1.50 bits per heavy atom. The first-order valence-electron chi connectivity index (χ1n) is 5.19. The molecule has 1 amide bonds. The van der Waals surface area contributed by atoms with Gasteiger partial charge >= 0.3 is 0 Å². The molecule has 1 aromatic rings. The molecule has 0 aromatic carbocycles. The lowest BCUT2D eigenvalue weighted by molar-refractivity contribution is -0.118. The Morgan fingerprint density at radius 3 is 2.81 bits per heavy atom. The van der Waals surface area contributed by atoms with Crippen molar-refractivity contribution in [3.05, 3.63) is 16.9 Å². The van der Waals surface area contributed by atoms with E-state index in [1.165, 1.54) is 0 Å². The fourth-order valence-corrected chi connectivity index (χ4v) is 2.76. The van der Waals surface area contributed by atoms with Crippen LogP contribution in [0.4, 0.5) is 11.4 Å². The van der Waals surface area contributed by atoms with Crippen molar-refractivity contribution in [2.45, 2.75) is 19.9 Å². The van der Waals surface area contributed by atoms with Gasteiger partial charge in [-0.15, -0.1) is 0 Å². The molecule has 1 atom stereocenters. The van der Waals surface area contributed by atoms with Crippen molar-refractivity contribution in [1.29, 1.82) is 0 Å². The van der Waals surface area contributed by atoms with Crippen LogP contribution in [0.1, 0.15) is 13.8 Å². The first-order chi connectivity index (χ1) is 7.52. The number of hydrogen-bond acceptors (Lipinski definition) is 3. The summed E-state index contributed by atoms with van der Waals surface area (Å²) < 4.78 is 0.901. The quantitative estimate of drug-likeness (QED) is 0.860. The second-order valence-electron chi connectivity index (χ2n) is 4.31. The predicted molar refractivity (Wildman–Crippen MR) is 67.6 cm³/mol. The van der Waals surface area contributed by atoms with Crippen LogP contribution in [0.15, 0.2) is 16.9 Å². The van der Waals surface area contributed by atoms with Crippen LogP contribution >= 0.6 is 15.9 Å². The summed E-state index contributed by atoms with van der Waals surface area (Å²) in [4.78, 5) is 18.0. The van der Waals surface area contributed by atoms with Crippen LogP contribution in [0.5, 0.6) is 0 Å². The minimum atomic E-state index is -0.133. The average molecular weight is 284 g/mol. The molecule has 0 fully saturated rings. The molecule has 5 heteroatoms. The molecule has 16 heavy (non-hydrogen) atoms. The van der Waals surface area contributed by atoms with Crippen molar-refractivity contribution in [2.24, 2.45) is 5.92 Å². The smallest absolute Gasteiger partial charge is 0.247 e. The molecule has 1 N–H and O–H groups in total. The van der Waals surface area contributed by atoms with E-state index in [2.05, 4.69) is 26.2 Å². The van der Waals surface area contributed by atoms with E-state index >= 15 is 0 Å². The lowest BCUT2D eigenvalue weighted by Gasteiger charge is -2.37. The second kappa shape index (κ2) is 4.05. The largest absolute Gasteiger partial charge is 0.360 e. The number of aromatic nitrogens is 1. The number of rotatable bonds is 1. The molecule has 86 valence electrons. The van der Waals surface area contributed by atoms with Crippen molar-refractivity contribution in [1.82, 2.24) is 4.98 Å². The number of amides is 1. The van der Waals surface area contributed by atoms with E-state index < -0.39 is 0 Å². The van der Waals surface area contributed by atoms with Crippen molar-refractivity contribution in [3.63, 3.8) is 0 Å². The summed E-state index contributed by atoms with van der Waals surface area (Å²) in [6.07, 6.45) is 3.41. The van der Waals surface area contributed by atoms with E-state index in [0.29, 0.717) is 0 Å². The highest BCUT2D eigenvalue weighted by atomic mass is 79.9. The maximum Gasteiger partial charge on any atom is 0.247 e. The van der Waals surface area contributed by atoms with Gasteiger partial charge in [0, 0.05) is 13.2 Å². The van der Waals surface area contributed by atoms with E-state index in [1.807, 2.05) is 25.8 Å². The normalized spacial score (nSPS) is 19.7. The third-order valence-electron chi connectivity index (χ3n) is 2.80. The molecular formula is C11H14BrN3O. The van der Waals surface area contributed by atoms with Gasteiger partial charge in [-0.2, -0.15) is 0 Å². The first kappa shape index (κ1) is 11.4. The highest BCUT2D eigenvalue weighted by Crippen LogP contribution is 2.37. The first-order valence-corrected chi connectivity index (χ1v) is 5.99. The Labute approximate surface area is 103 Å². The average Bonchev–Trinajstić information content (AvgIpc) is 2.15. The Bertz CT molecular complexity index is 433. The maximum atomic E-state index is 11.9. The van der Waals surface area contributed by atoms with Crippen LogP contribution in [0.2, 0.25) is 0 Å². The van der Waals surface area contributed by atoms with Gasteiger partial charge < -0.3 is 10.2 Å². The van der Waals surface area contributed by atoms with Crippen LogP contribution in [0, 0.1) is 5.92 Å². The van der Waals surface area contributed by atoms with Gasteiger partial charge in [-0.05, 0) is 21.8 Å². The summed E-state index contributed by atoms with van der Waals surface area (Å²) in [5, 5.41) is 2.89. The molecule has 0 aliphatic carbocycles. The summed E-state index contributed by atoms with van der Waals surface area (Å²) in [7, 11) is 1.94. The SMILES string of the molecule is CC(C)C1C(=O)Nc2cncc(Br)c2N1C. The number of fused-ring (bicyclic) bond motifs is 1. The molecule has 0 bridgehead atoms. The Morgan fingerprint density at radius 2 is 2.19 bits per heavy atom. The predicted octanol–water partition coefficient (Wildman–Crippen LogP) is 2.26. The lowest BCUT2D eigenvalue weighted by atomic mass is 9.99. The van der Waals surface area contributed by atoms with E-state index in [0.717, 1.165) is 15.8 Å². The third kappa shape index (κ3) is 1.69. The lowest BCUT2D eigenvalue weighted by Crippen LogP contribution is -2.49. The van der Waals surface area contributed by atoms with Crippen LogP contribution in [-0.4, -0.2) is 24.0 Å². The van der Waals surface area contributed by atoms with E-state index in [4.69, 9.17) is 0 Å². The van der Waals surface area contributed by atoms with E-state index in [9.17, 15) is 4.79 Å². The fraction of sp³-hybridized carbons (Fsp3) is 0.455. The van der Waals surface area contributed by atoms with Crippen LogP contribution in [0.3, 0.4) is 0 Å². The Balaban J connectivity index is 2.50. The van der Waals surface area contributed by atoms with Gasteiger partial charge in [0.1, 0.15) is 6.04 Å². The molecule has 0 saturated carbocycles. The van der Waals surface area contributed by atoms with Gasteiger partial charge in [0.15, 0.2) is 0 Å². The van der Waals surface area contributed by atoms with Gasteiger partial charge in [0.25, 0.3) is 0 Å². The summed E-state index contributed by atoms with van der Waals surface area (Å²) in [5.74, 6) is 0.295. The summed E-state index contributed by atoms with van der Waals surface area (Å²) in [5.41, 5.74) is 1.76. The van der Waals surface area contributed by atoms with Crippen LogP contribution < -0.4 is 10.2 Å². The number of pyridine rings is 1. The number of anilines is 2. The zero-order chi connectivity index (χ0) is 11.9. The highest BCUT2D eigenvalue weighted by Gasteiger charge is 2.33. The molecule has 2 rings (SSSR count). The third-order valence-corrected chi connectivity index (χ3v) is 3.38. The second-order valence-corrected chi connectivity index (χ2v) is 5.16. The topological polar surface area (TPSA) is 45.2 Å². The summed E-state index contributed by atoms with van der Waals surface area (Å²) in [6, 6.07) is -0.133. The summed E-state index contributed by atoms with van der Waals surface area (Å²) in [6.45, 7) is 4.08. The van der Waals surface area contributed by atoms with Crippen LogP contribution in [0.25, 0.3) is 0 Å². The van der Waals surface area contributed by atoms with Gasteiger partial charge in [-0.25, -0.2) is 0 Å². The summed E-state index contributed by atoms with van der Waals surface area (Å²) >= 11 is 3.46. The van der Waals surface area contributed by atoms with Gasteiger partial charge in [0.2, 0.25) is 5.91 Å². The number of nitrogens with one attached hydrogen (secondary N) is 1. The van der Waals surface area contributed by atoms with E-state index in [1.54, 1.807) is 12.4 Å². The number of carbonyl (C=O) groups is 1. The van der Waals surface area contributed by atoms with Crippen molar-refractivity contribution in [3.8, 4) is 0 Å². The van der Waals surface area contributed by atoms with Crippen molar-refractivity contribution in [2.75, 3.05) is 17.3 Å². The van der Waals surface area contributed by atoms with Gasteiger partial charge in [0.05, 0.1) is 22.0 Å². The monoisotopic (exact) mass is 283 g/mol. The van der Waals surface area contributed by atoms with E-state index in [-0.39, 0.29) is 17.9 Å². The Kier molecular flexibility index (Phi) is 2.88. The maximum absolute atomic E-state index is 11.9. The molecule has 0 spiro atoms. The number of halogens is 1. The van der Waals surface area contributed by atoms with Crippen molar-refractivity contribution >= 4 is 33.2 Å². The van der Waals surface area contributed by atoms with Crippen molar-refractivity contribution < 1.29 is 4.79 Å². The number of nitrogens with zero attached hydrogens (tertiary/aromatic N) is 2. The van der Waals surface area contributed by atoms with Gasteiger partial charge in [-0.3, -0.25) is 9.78 Å². The fourth-order valence-electron chi connectivity index (χ4n) is 2.15.